The molecule has 0 aromatic rings. The van der Waals surface area contributed by atoms with Gasteiger partial charge in [-0.25, -0.2) is 0 Å². The van der Waals surface area contributed by atoms with Gasteiger partial charge in [-0.2, -0.15) is 0 Å². The summed E-state index contributed by atoms with van der Waals surface area (Å²) in [5, 5.41) is 6.26. The molecule has 2 atom stereocenters. The zero-order chi connectivity index (χ0) is 11.4. The lowest BCUT2D eigenvalue weighted by molar-refractivity contribution is -0.124. The Hall–Kier alpha value is -0.610. The summed E-state index contributed by atoms with van der Waals surface area (Å²) in [6, 6.07) is 0.0127. The van der Waals surface area contributed by atoms with Crippen LogP contribution in [-0.4, -0.2) is 37.2 Å². The van der Waals surface area contributed by atoms with Crippen molar-refractivity contribution in [3.05, 3.63) is 0 Å². The SMILES string of the molecule is CC1(CNC(=O)C2CCCCN2)CCCO1. The monoisotopic (exact) mass is 226 g/mol. The maximum Gasteiger partial charge on any atom is 0.237 e. The van der Waals surface area contributed by atoms with Crippen LogP contribution in [-0.2, 0) is 9.53 Å². The lowest BCUT2D eigenvalue weighted by Gasteiger charge is -2.27. The molecule has 0 bridgehead atoms. The second-order valence-corrected chi connectivity index (χ2v) is 5.12. The number of carbonyl (C=O) groups excluding carboxylic acids is 1. The molecule has 0 saturated carbocycles. The van der Waals surface area contributed by atoms with E-state index in [-0.39, 0.29) is 17.6 Å². The van der Waals surface area contributed by atoms with Gasteiger partial charge in [0, 0.05) is 13.2 Å². The van der Waals surface area contributed by atoms with Crippen molar-refractivity contribution in [2.75, 3.05) is 19.7 Å². The van der Waals surface area contributed by atoms with Crippen molar-refractivity contribution in [1.82, 2.24) is 10.6 Å². The highest BCUT2D eigenvalue weighted by molar-refractivity contribution is 5.81. The molecule has 2 heterocycles. The Morgan fingerprint density at radius 3 is 3.00 bits per heavy atom. The molecule has 0 aliphatic carbocycles. The molecule has 2 saturated heterocycles. The molecule has 2 aliphatic rings. The van der Waals surface area contributed by atoms with Crippen LogP contribution in [0, 0.1) is 0 Å². The summed E-state index contributed by atoms with van der Waals surface area (Å²) < 4.78 is 5.64. The van der Waals surface area contributed by atoms with Gasteiger partial charge in [0.05, 0.1) is 11.6 Å². The third kappa shape index (κ3) is 2.95. The molecular formula is C12H22N2O2. The normalized spacial score (nSPS) is 34.9. The van der Waals surface area contributed by atoms with E-state index in [0.29, 0.717) is 6.54 Å². The fourth-order valence-corrected chi connectivity index (χ4v) is 2.45. The van der Waals surface area contributed by atoms with E-state index in [0.717, 1.165) is 38.8 Å². The van der Waals surface area contributed by atoms with E-state index in [1.807, 2.05) is 0 Å². The van der Waals surface area contributed by atoms with Crippen LogP contribution in [0.3, 0.4) is 0 Å². The summed E-state index contributed by atoms with van der Waals surface area (Å²) in [5.74, 6) is 0.136. The van der Waals surface area contributed by atoms with Crippen LogP contribution >= 0.6 is 0 Å². The zero-order valence-electron chi connectivity index (χ0n) is 10.1. The molecular weight excluding hydrogens is 204 g/mol. The van der Waals surface area contributed by atoms with Gasteiger partial charge < -0.3 is 15.4 Å². The molecule has 0 aromatic heterocycles. The predicted octanol–water partition coefficient (Wildman–Crippen LogP) is 0.814. The van der Waals surface area contributed by atoms with Gasteiger partial charge in [0.15, 0.2) is 0 Å². The van der Waals surface area contributed by atoms with Crippen molar-refractivity contribution in [2.24, 2.45) is 0 Å². The lowest BCUT2D eigenvalue weighted by Crippen LogP contribution is -2.50. The van der Waals surface area contributed by atoms with Crippen LogP contribution in [0.4, 0.5) is 0 Å². The minimum atomic E-state index is -0.135. The molecule has 92 valence electrons. The highest BCUT2D eigenvalue weighted by Crippen LogP contribution is 2.23. The first kappa shape index (κ1) is 11.9. The zero-order valence-corrected chi connectivity index (χ0v) is 10.1. The Morgan fingerprint density at radius 2 is 2.38 bits per heavy atom. The summed E-state index contributed by atoms with van der Waals surface area (Å²) in [5.41, 5.74) is -0.135. The maximum absolute atomic E-state index is 11.9. The number of rotatable bonds is 3. The molecule has 0 spiro atoms. The van der Waals surface area contributed by atoms with Gasteiger partial charge in [-0.3, -0.25) is 4.79 Å². The highest BCUT2D eigenvalue weighted by Gasteiger charge is 2.31. The van der Waals surface area contributed by atoms with Gasteiger partial charge in [-0.1, -0.05) is 6.42 Å². The number of ether oxygens (including phenoxy) is 1. The van der Waals surface area contributed by atoms with Crippen LogP contribution in [0.5, 0.6) is 0 Å². The molecule has 2 rings (SSSR count). The quantitative estimate of drug-likeness (QED) is 0.749. The number of amides is 1. The van der Waals surface area contributed by atoms with Crippen LogP contribution in [0.2, 0.25) is 0 Å². The van der Waals surface area contributed by atoms with Gasteiger partial charge in [0.1, 0.15) is 0 Å². The lowest BCUT2D eigenvalue weighted by atomic mass is 10.0. The molecule has 4 heteroatoms. The van der Waals surface area contributed by atoms with E-state index >= 15 is 0 Å². The molecule has 16 heavy (non-hydrogen) atoms. The van der Waals surface area contributed by atoms with Crippen molar-refractivity contribution in [1.29, 1.82) is 0 Å². The van der Waals surface area contributed by atoms with E-state index in [1.165, 1.54) is 6.42 Å². The third-order valence-corrected chi connectivity index (χ3v) is 3.56. The number of carbonyl (C=O) groups is 1. The Kier molecular flexibility index (Phi) is 3.82. The summed E-state index contributed by atoms with van der Waals surface area (Å²) in [6.45, 7) is 4.51. The standard InChI is InChI=1S/C12H22N2O2/c1-12(6-4-8-16-12)9-14-11(15)10-5-2-3-7-13-10/h10,13H,2-9H2,1H3,(H,14,15). The number of hydrogen-bond donors (Lipinski definition) is 2. The molecule has 2 fully saturated rings. The first-order valence-electron chi connectivity index (χ1n) is 6.35. The summed E-state index contributed by atoms with van der Waals surface area (Å²) >= 11 is 0. The van der Waals surface area contributed by atoms with E-state index in [9.17, 15) is 4.79 Å². The van der Waals surface area contributed by atoms with E-state index in [4.69, 9.17) is 4.74 Å². The van der Waals surface area contributed by atoms with Gasteiger partial charge in [-0.15, -0.1) is 0 Å². The molecule has 0 aromatic carbocycles. The van der Waals surface area contributed by atoms with Gasteiger partial charge in [0.25, 0.3) is 0 Å². The Balaban J connectivity index is 1.74. The van der Waals surface area contributed by atoms with E-state index in [2.05, 4.69) is 17.6 Å². The summed E-state index contributed by atoms with van der Waals surface area (Å²) in [6.07, 6.45) is 5.45. The topological polar surface area (TPSA) is 50.4 Å². The van der Waals surface area contributed by atoms with E-state index < -0.39 is 0 Å². The first-order chi connectivity index (χ1) is 7.70. The second-order valence-electron chi connectivity index (χ2n) is 5.12. The molecule has 0 radical (unpaired) electrons. The fourth-order valence-electron chi connectivity index (χ4n) is 2.45. The van der Waals surface area contributed by atoms with Gasteiger partial charge in [-0.05, 0) is 39.2 Å². The fraction of sp³-hybridized carbons (Fsp3) is 0.917. The van der Waals surface area contributed by atoms with Gasteiger partial charge >= 0.3 is 0 Å². The molecule has 2 N–H and O–H groups in total. The minimum Gasteiger partial charge on any atom is -0.373 e. The minimum absolute atomic E-state index is 0.0127. The first-order valence-corrected chi connectivity index (χ1v) is 6.35. The van der Waals surface area contributed by atoms with Crippen molar-refractivity contribution in [3.8, 4) is 0 Å². The Morgan fingerprint density at radius 1 is 1.50 bits per heavy atom. The molecule has 1 amide bonds. The van der Waals surface area contributed by atoms with Crippen molar-refractivity contribution in [2.45, 2.75) is 50.7 Å². The van der Waals surface area contributed by atoms with Gasteiger partial charge in [0.2, 0.25) is 5.91 Å². The van der Waals surface area contributed by atoms with Crippen molar-refractivity contribution in [3.63, 3.8) is 0 Å². The van der Waals surface area contributed by atoms with Crippen LogP contribution < -0.4 is 10.6 Å². The summed E-state index contributed by atoms with van der Waals surface area (Å²) in [7, 11) is 0. The third-order valence-electron chi connectivity index (χ3n) is 3.56. The van der Waals surface area contributed by atoms with Crippen LogP contribution in [0.25, 0.3) is 0 Å². The van der Waals surface area contributed by atoms with Crippen LogP contribution in [0.1, 0.15) is 39.0 Å². The summed E-state index contributed by atoms with van der Waals surface area (Å²) in [4.78, 5) is 11.9. The number of hydrogen-bond acceptors (Lipinski definition) is 3. The molecule has 4 nitrogen and oxygen atoms in total. The molecule has 2 aliphatic heterocycles. The van der Waals surface area contributed by atoms with E-state index in [1.54, 1.807) is 0 Å². The second kappa shape index (κ2) is 5.15. The maximum atomic E-state index is 11.9. The highest BCUT2D eigenvalue weighted by atomic mass is 16.5. The Labute approximate surface area is 97.1 Å². The predicted molar refractivity (Wildman–Crippen MR) is 62.2 cm³/mol. The average molecular weight is 226 g/mol. The average Bonchev–Trinajstić information content (AvgIpc) is 2.75. The number of nitrogens with one attached hydrogen (secondary N) is 2. The van der Waals surface area contributed by atoms with Crippen molar-refractivity contribution >= 4 is 5.91 Å². The smallest absolute Gasteiger partial charge is 0.237 e. The number of piperidine rings is 1. The van der Waals surface area contributed by atoms with Crippen LogP contribution in [0.15, 0.2) is 0 Å². The largest absolute Gasteiger partial charge is 0.373 e. The molecule has 2 unspecified atom stereocenters. The van der Waals surface area contributed by atoms with Crippen molar-refractivity contribution < 1.29 is 9.53 Å². The Bertz CT molecular complexity index is 243.